The Morgan fingerprint density at radius 3 is 2.68 bits per heavy atom. The van der Waals surface area contributed by atoms with Crippen LogP contribution in [0.5, 0.6) is 5.75 Å². The zero-order valence-electron chi connectivity index (χ0n) is 16.5. The lowest BCUT2D eigenvalue weighted by Gasteiger charge is -2.08. The lowest BCUT2D eigenvalue weighted by atomic mass is 10.3. The van der Waals surface area contributed by atoms with Crippen molar-refractivity contribution in [2.45, 2.75) is 12.1 Å². The number of aromatic nitrogens is 3. The molecule has 0 aliphatic heterocycles. The monoisotopic (exact) mass is 470 g/mol. The second-order valence-electron chi connectivity index (χ2n) is 6.36. The minimum absolute atomic E-state index is 0.108. The number of carbonyl (C=O) groups is 1. The number of amides is 1. The van der Waals surface area contributed by atoms with Crippen LogP contribution in [-0.4, -0.2) is 32.8 Å². The van der Waals surface area contributed by atoms with E-state index < -0.39 is 0 Å². The first-order valence-electron chi connectivity index (χ1n) is 9.42. The van der Waals surface area contributed by atoms with Gasteiger partial charge in [0.05, 0.1) is 12.4 Å². The number of thiazole rings is 1. The fourth-order valence-corrected chi connectivity index (χ4v) is 4.83. The van der Waals surface area contributed by atoms with E-state index in [1.54, 1.807) is 4.57 Å². The summed E-state index contributed by atoms with van der Waals surface area (Å²) >= 11 is 7.85. The fraction of sp³-hybridized carbons (Fsp3) is 0.143. The molecule has 0 saturated carbocycles. The smallest absolute Gasteiger partial charge is 0.271 e. The second-order valence-corrected chi connectivity index (χ2v) is 8.97. The summed E-state index contributed by atoms with van der Waals surface area (Å²) in [5.41, 5.74) is 1.69. The molecule has 2 aromatic heterocycles. The number of nitrogens with zero attached hydrogens (tertiary/aromatic N) is 2. The van der Waals surface area contributed by atoms with Gasteiger partial charge in [-0.05, 0) is 55.5 Å². The van der Waals surface area contributed by atoms with E-state index in [-0.39, 0.29) is 17.2 Å². The third kappa shape index (κ3) is 4.87. The minimum Gasteiger partial charge on any atom is -0.494 e. The molecule has 0 aliphatic rings. The first kappa shape index (κ1) is 21.3. The molecule has 0 spiro atoms. The standard InChI is InChI=1S/C21H18N4O3S3/c1-2-28-15-10-8-14(9-11-15)25-18-17(31-21(25)29)19(27)24-20(23-18)30-12-16(26)22-13-6-4-3-5-7-13/h3-11H,2,12H2,1H3,(H,22,26)(H,23,24,27). The van der Waals surface area contributed by atoms with Crippen LogP contribution < -0.4 is 15.6 Å². The van der Waals surface area contributed by atoms with Gasteiger partial charge in [-0.1, -0.05) is 41.3 Å². The summed E-state index contributed by atoms with van der Waals surface area (Å²) in [6, 6.07) is 16.6. The summed E-state index contributed by atoms with van der Waals surface area (Å²) in [5, 5.41) is 3.16. The number of hydrogen-bond acceptors (Lipinski definition) is 7. The maximum Gasteiger partial charge on any atom is 0.271 e. The molecule has 0 atom stereocenters. The predicted octanol–water partition coefficient (Wildman–Crippen LogP) is 4.63. The molecular formula is C21H18N4O3S3. The SMILES string of the molecule is CCOc1ccc(-n2c(=S)sc3c(=O)[nH]c(SCC(=O)Nc4ccccc4)nc32)cc1. The molecule has 7 nitrogen and oxygen atoms in total. The molecule has 0 unspecified atom stereocenters. The Hall–Kier alpha value is -2.95. The number of anilines is 1. The van der Waals surface area contributed by atoms with Gasteiger partial charge < -0.3 is 15.0 Å². The minimum atomic E-state index is -0.281. The van der Waals surface area contributed by atoms with E-state index in [0.717, 1.165) is 23.2 Å². The van der Waals surface area contributed by atoms with E-state index in [4.69, 9.17) is 17.0 Å². The van der Waals surface area contributed by atoms with Gasteiger partial charge in [0.25, 0.3) is 5.56 Å². The van der Waals surface area contributed by atoms with Crippen LogP contribution in [0.3, 0.4) is 0 Å². The van der Waals surface area contributed by atoms with E-state index in [9.17, 15) is 9.59 Å². The average Bonchev–Trinajstić information content (AvgIpc) is 3.10. The van der Waals surface area contributed by atoms with Crippen molar-refractivity contribution in [3.8, 4) is 11.4 Å². The number of hydrogen-bond donors (Lipinski definition) is 2. The largest absolute Gasteiger partial charge is 0.494 e. The third-order valence-corrected chi connectivity index (χ3v) is 6.46. The molecule has 31 heavy (non-hydrogen) atoms. The van der Waals surface area contributed by atoms with Crippen LogP contribution in [-0.2, 0) is 4.79 Å². The van der Waals surface area contributed by atoms with Gasteiger partial charge in [0.1, 0.15) is 10.4 Å². The lowest BCUT2D eigenvalue weighted by molar-refractivity contribution is -0.113. The van der Waals surface area contributed by atoms with Gasteiger partial charge in [0, 0.05) is 11.4 Å². The lowest BCUT2D eigenvalue weighted by Crippen LogP contribution is -2.15. The number of nitrogens with one attached hydrogen (secondary N) is 2. The number of thioether (sulfide) groups is 1. The molecule has 2 heterocycles. The van der Waals surface area contributed by atoms with Gasteiger partial charge >= 0.3 is 0 Å². The Morgan fingerprint density at radius 2 is 1.97 bits per heavy atom. The summed E-state index contributed by atoms with van der Waals surface area (Å²) in [6.07, 6.45) is 0. The Kier molecular flexibility index (Phi) is 6.50. The molecule has 0 fully saturated rings. The van der Waals surface area contributed by atoms with E-state index in [0.29, 0.717) is 31.8 Å². The second kappa shape index (κ2) is 9.46. The number of benzene rings is 2. The zero-order valence-corrected chi connectivity index (χ0v) is 18.9. The molecule has 0 bridgehead atoms. The summed E-state index contributed by atoms with van der Waals surface area (Å²) in [7, 11) is 0. The Balaban J connectivity index is 1.60. The third-order valence-electron chi connectivity index (χ3n) is 4.22. The van der Waals surface area contributed by atoms with Crippen LogP contribution in [0.4, 0.5) is 5.69 Å². The van der Waals surface area contributed by atoms with Crippen LogP contribution in [0, 0.1) is 3.95 Å². The van der Waals surface area contributed by atoms with Crippen LogP contribution in [0.15, 0.2) is 64.5 Å². The molecule has 2 N–H and O–H groups in total. The molecule has 4 rings (SSSR count). The van der Waals surface area contributed by atoms with Gasteiger partial charge in [0.2, 0.25) is 5.91 Å². The highest BCUT2D eigenvalue weighted by atomic mass is 32.2. The van der Waals surface area contributed by atoms with Crippen molar-refractivity contribution in [1.29, 1.82) is 0 Å². The van der Waals surface area contributed by atoms with Gasteiger partial charge in [-0.2, -0.15) is 0 Å². The van der Waals surface area contributed by atoms with Gasteiger partial charge in [0.15, 0.2) is 14.8 Å². The normalized spacial score (nSPS) is 10.9. The zero-order chi connectivity index (χ0) is 21.8. The predicted molar refractivity (Wildman–Crippen MR) is 127 cm³/mol. The Labute approximate surface area is 191 Å². The number of carbonyl (C=O) groups excluding carboxylic acids is 1. The van der Waals surface area contributed by atoms with E-state index in [1.165, 1.54) is 11.3 Å². The first-order chi connectivity index (χ1) is 15.0. The fourth-order valence-electron chi connectivity index (χ4n) is 2.90. The Bertz CT molecular complexity index is 1330. The molecular weight excluding hydrogens is 452 g/mol. The van der Waals surface area contributed by atoms with Crippen molar-refractivity contribution in [2.75, 3.05) is 17.7 Å². The summed E-state index contributed by atoms with van der Waals surface area (Å²) in [4.78, 5) is 32.1. The number of aromatic amines is 1. The topological polar surface area (TPSA) is 89.0 Å². The maximum atomic E-state index is 12.6. The van der Waals surface area contributed by atoms with Crippen molar-refractivity contribution < 1.29 is 9.53 Å². The summed E-state index contributed by atoms with van der Waals surface area (Å²) < 4.78 is 8.20. The number of ether oxygens (including phenoxy) is 1. The summed E-state index contributed by atoms with van der Waals surface area (Å²) in [6.45, 7) is 2.50. The molecule has 0 saturated heterocycles. The van der Waals surface area contributed by atoms with Crippen LogP contribution >= 0.6 is 35.3 Å². The van der Waals surface area contributed by atoms with Crippen LogP contribution in [0.2, 0.25) is 0 Å². The van der Waals surface area contributed by atoms with Crippen LogP contribution in [0.1, 0.15) is 6.92 Å². The number of H-pyrrole nitrogens is 1. The van der Waals surface area contributed by atoms with Crippen LogP contribution in [0.25, 0.3) is 16.0 Å². The van der Waals surface area contributed by atoms with E-state index in [1.807, 2.05) is 61.5 Å². The highest BCUT2D eigenvalue weighted by Crippen LogP contribution is 2.26. The van der Waals surface area contributed by atoms with Gasteiger partial charge in [-0.25, -0.2) is 4.98 Å². The molecule has 1 amide bonds. The molecule has 4 aromatic rings. The van der Waals surface area contributed by atoms with Crippen molar-refractivity contribution >= 4 is 57.3 Å². The molecule has 0 aliphatic carbocycles. The maximum absolute atomic E-state index is 12.6. The van der Waals surface area contributed by atoms with Gasteiger partial charge in [-0.3, -0.25) is 14.2 Å². The molecule has 0 radical (unpaired) electrons. The van der Waals surface area contributed by atoms with E-state index in [2.05, 4.69) is 15.3 Å². The summed E-state index contributed by atoms with van der Waals surface area (Å²) in [5.74, 6) is 0.675. The highest BCUT2D eigenvalue weighted by molar-refractivity contribution is 7.99. The highest BCUT2D eigenvalue weighted by Gasteiger charge is 2.15. The number of rotatable bonds is 7. The van der Waals surface area contributed by atoms with Crippen molar-refractivity contribution in [3.63, 3.8) is 0 Å². The van der Waals surface area contributed by atoms with Gasteiger partial charge in [-0.15, -0.1) is 0 Å². The number of fused-ring (bicyclic) bond motifs is 1. The van der Waals surface area contributed by atoms with E-state index >= 15 is 0 Å². The molecule has 158 valence electrons. The van der Waals surface area contributed by atoms with Crippen molar-refractivity contribution in [2.24, 2.45) is 0 Å². The number of para-hydroxylation sites is 1. The first-order valence-corrected chi connectivity index (χ1v) is 11.6. The Morgan fingerprint density at radius 1 is 1.23 bits per heavy atom. The molecule has 2 aromatic carbocycles. The molecule has 10 heteroatoms. The quantitative estimate of drug-likeness (QED) is 0.232. The van der Waals surface area contributed by atoms with Crippen molar-refractivity contribution in [3.05, 3.63) is 68.9 Å². The average molecular weight is 471 g/mol. The van der Waals surface area contributed by atoms with Crippen molar-refractivity contribution in [1.82, 2.24) is 14.5 Å².